The second kappa shape index (κ2) is 2.42. The highest BCUT2D eigenvalue weighted by Gasteiger charge is 2.07. The summed E-state index contributed by atoms with van der Waals surface area (Å²) in [6, 6.07) is 0. The van der Waals surface area contributed by atoms with Crippen LogP contribution in [-0.4, -0.2) is 19.3 Å². The van der Waals surface area contributed by atoms with Crippen molar-refractivity contribution in [2.24, 2.45) is 14.1 Å². The van der Waals surface area contributed by atoms with Crippen molar-refractivity contribution in [2.75, 3.05) is 0 Å². The van der Waals surface area contributed by atoms with E-state index in [0.717, 1.165) is 0 Å². The summed E-state index contributed by atoms with van der Waals surface area (Å²) in [6.45, 7) is 1.80. The quantitative estimate of drug-likeness (QED) is 0.569. The summed E-state index contributed by atoms with van der Waals surface area (Å²) in [5, 5.41) is 4.54. The summed E-state index contributed by atoms with van der Waals surface area (Å²) < 4.78 is 3.12. The molecule has 0 aliphatic rings. The Labute approximate surface area is 74.6 Å². The van der Waals surface area contributed by atoms with E-state index in [0.29, 0.717) is 16.9 Å². The fourth-order valence-electron chi connectivity index (χ4n) is 1.27. The van der Waals surface area contributed by atoms with E-state index in [2.05, 4.69) is 10.1 Å². The fourth-order valence-corrected chi connectivity index (χ4v) is 1.27. The largest absolute Gasteiger partial charge is 0.299 e. The lowest BCUT2D eigenvalue weighted by atomic mass is 10.4. The number of rotatable bonds is 0. The van der Waals surface area contributed by atoms with Crippen LogP contribution in [0.1, 0.15) is 5.82 Å². The zero-order valence-corrected chi connectivity index (χ0v) is 7.77. The molecule has 0 aliphatic heterocycles. The van der Waals surface area contributed by atoms with E-state index in [9.17, 15) is 4.79 Å². The van der Waals surface area contributed by atoms with Gasteiger partial charge in [0.05, 0.1) is 6.20 Å². The molecule has 68 valence electrons. The predicted molar refractivity (Wildman–Crippen MR) is 48.5 cm³/mol. The van der Waals surface area contributed by atoms with Gasteiger partial charge in [-0.15, -0.1) is 0 Å². The van der Waals surface area contributed by atoms with Crippen LogP contribution in [0.2, 0.25) is 0 Å². The molecule has 2 rings (SSSR count). The van der Waals surface area contributed by atoms with Gasteiger partial charge in [0.1, 0.15) is 11.2 Å². The van der Waals surface area contributed by atoms with Crippen molar-refractivity contribution >= 4 is 11.0 Å². The van der Waals surface area contributed by atoms with Gasteiger partial charge < -0.3 is 0 Å². The van der Waals surface area contributed by atoms with Gasteiger partial charge in [-0.2, -0.15) is 5.10 Å². The van der Waals surface area contributed by atoms with Crippen LogP contribution in [0.5, 0.6) is 0 Å². The predicted octanol–water partition coefficient (Wildman–Crippen LogP) is -0.0246. The van der Waals surface area contributed by atoms with E-state index in [1.807, 2.05) is 0 Å². The number of fused-ring (bicyclic) bond motifs is 1. The molecule has 0 fully saturated rings. The Morgan fingerprint density at radius 3 is 2.77 bits per heavy atom. The normalized spacial score (nSPS) is 11.0. The van der Waals surface area contributed by atoms with Gasteiger partial charge in [-0.1, -0.05) is 0 Å². The summed E-state index contributed by atoms with van der Waals surface area (Å²) in [5.74, 6) is 0.695. The maximum atomic E-state index is 11.6. The molecule has 2 heterocycles. The first-order valence-electron chi connectivity index (χ1n) is 3.96. The molecule has 5 nitrogen and oxygen atoms in total. The van der Waals surface area contributed by atoms with Crippen molar-refractivity contribution < 1.29 is 0 Å². The Morgan fingerprint density at radius 2 is 2.08 bits per heavy atom. The minimum atomic E-state index is -0.0457. The van der Waals surface area contributed by atoms with Crippen molar-refractivity contribution in [1.82, 2.24) is 19.3 Å². The lowest BCUT2D eigenvalue weighted by molar-refractivity contribution is 0.758. The van der Waals surface area contributed by atoms with Crippen LogP contribution in [0.3, 0.4) is 0 Å². The number of aromatic nitrogens is 4. The Hall–Kier alpha value is -1.65. The Kier molecular flexibility index (Phi) is 1.48. The Bertz CT molecular complexity index is 523. The van der Waals surface area contributed by atoms with Crippen molar-refractivity contribution in [1.29, 1.82) is 0 Å². The highest BCUT2D eigenvalue weighted by atomic mass is 16.1. The number of aryl methyl sites for hydroxylation is 2. The van der Waals surface area contributed by atoms with Gasteiger partial charge in [-0.25, -0.2) is 4.98 Å². The van der Waals surface area contributed by atoms with Crippen molar-refractivity contribution in [3.05, 3.63) is 22.4 Å². The van der Waals surface area contributed by atoms with Gasteiger partial charge in [0, 0.05) is 14.1 Å². The smallest absolute Gasteiger partial charge is 0.264 e. The molecule has 0 saturated carbocycles. The average Bonchev–Trinajstić information content (AvgIpc) is 2.45. The molecule has 0 N–H and O–H groups in total. The molecule has 0 aliphatic carbocycles. The van der Waals surface area contributed by atoms with E-state index >= 15 is 0 Å². The zero-order chi connectivity index (χ0) is 9.59. The highest BCUT2D eigenvalue weighted by Crippen LogP contribution is 2.04. The Balaban J connectivity index is 3.05. The van der Waals surface area contributed by atoms with Gasteiger partial charge in [-0.05, 0) is 6.92 Å². The lowest BCUT2D eigenvalue weighted by Gasteiger charge is -2.01. The number of nitrogens with zero attached hydrogens (tertiary/aromatic N) is 4. The molecular weight excluding hydrogens is 168 g/mol. The molecule has 0 spiro atoms. The van der Waals surface area contributed by atoms with E-state index < -0.39 is 0 Å². The number of hydrogen-bond donors (Lipinski definition) is 0. The summed E-state index contributed by atoms with van der Waals surface area (Å²) in [7, 11) is 3.48. The summed E-state index contributed by atoms with van der Waals surface area (Å²) >= 11 is 0. The van der Waals surface area contributed by atoms with Crippen molar-refractivity contribution in [3.63, 3.8) is 0 Å². The van der Waals surface area contributed by atoms with E-state index in [1.54, 1.807) is 31.9 Å². The van der Waals surface area contributed by atoms with Crippen LogP contribution in [-0.2, 0) is 14.1 Å². The molecule has 5 heteroatoms. The lowest BCUT2D eigenvalue weighted by Crippen LogP contribution is -2.20. The standard InChI is InChI=1S/C8H10N4O/c1-5-10-7-6(4-9-12(7)3)8(13)11(5)2/h4H,1-3H3. The van der Waals surface area contributed by atoms with Crippen LogP contribution in [0.25, 0.3) is 11.0 Å². The maximum absolute atomic E-state index is 11.6. The monoisotopic (exact) mass is 178 g/mol. The second-order valence-corrected chi connectivity index (χ2v) is 3.03. The molecule has 0 aromatic carbocycles. The molecule has 0 radical (unpaired) electrons. The van der Waals surface area contributed by atoms with Crippen LogP contribution in [0, 0.1) is 6.92 Å². The first kappa shape index (κ1) is 7.97. The van der Waals surface area contributed by atoms with E-state index in [4.69, 9.17) is 0 Å². The first-order valence-corrected chi connectivity index (χ1v) is 3.96. The highest BCUT2D eigenvalue weighted by molar-refractivity contribution is 5.73. The van der Waals surface area contributed by atoms with Crippen LogP contribution in [0.15, 0.2) is 11.0 Å². The molecule has 2 aromatic rings. The molecule has 0 saturated heterocycles. The third-order valence-corrected chi connectivity index (χ3v) is 2.20. The minimum absolute atomic E-state index is 0.0457. The Morgan fingerprint density at radius 1 is 1.38 bits per heavy atom. The maximum Gasteiger partial charge on any atom is 0.264 e. The van der Waals surface area contributed by atoms with Crippen LogP contribution < -0.4 is 5.56 Å². The van der Waals surface area contributed by atoms with Crippen molar-refractivity contribution in [2.45, 2.75) is 6.92 Å². The summed E-state index contributed by atoms with van der Waals surface area (Å²) in [4.78, 5) is 15.9. The molecule has 0 atom stereocenters. The molecule has 0 bridgehead atoms. The average molecular weight is 178 g/mol. The van der Waals surface area contributed by atoms with Gasteiger partial charge >= 0.3 is 0 Å². The third-order valence-electron chi connectivity index (χ3n) is 2.20. The molecular formula is C8H10N4O. The fraction of sp³-hybridized carbons (Fsp3) is 0.375. The first-order chi connectivity index (χ1) is 6.11. The summed E-state index contributed by atoms with van der Waals surface area (Å²) in [6.07, 6.45) is 1.55. The van der Waals surface area contributed by atoms with Gasteiger partial charge in [-0.3, -0.25) is 14.0 Å². The third kappa shape index (κ3) is 0.965. The van der Waals surface area contributed by atoms with E-state index in [1.165, 1.54) is 4.57 Å². The molecule has 0 unspecified atom stereocenters. The molecule has 13 heavy (non-hydrogen) atoms. The molecule has 0 amide bonds. The minimum Gasteiger partial charge on any atom is -0.299 e. The van der Waals surface area contributed by atoms with Gasteiger partial charge in [0.15, 0.2) is 5.65 Å². The van der Waals surface area contributed by atoms with Crippen LogP contribution in [0.4, 0.5) is 0 Å². The SMILES string of the molecule is Cc1nc2c(cnn2C)c(=O)n1C. The zero-order valence-electron chi connectivity index (χ0n) is 7.77. The topological polar surface area (TPSA) is 52.7 Å². The number of hydrogen-bond acceptors (Lipinski definition) is 3. The molecule has 2 aromatic heterocycles. The van der Waals surface area contributed by atoms with Gasteiger partial charge in [0.25, 0.3) is 5.56 Å². The van der Waals surface area contributed by atoms with Gasteiger partial charge in [0.2, 0.25) is 0 Å². The summed E-state index contributed by atoms with van der Waals surface area (Å²) in [5.41, 5.74) is 0.594. The van der Waals surface area contributed by atoms with E-state index in [-0.39, 0.29) is 5.56 Å². The van der Waals surface area contributed by atoms with Crippen molar-refractivity contribution in [3.8, 4) is 0 Å². The second-order valence-electron chi connectivity index (χ2n) is 3.03. The van der Waals surface area contributed by atoms with Crippen LogP contribution >= 0.6 is 0 Å².